The minimum Gasteiger partial charge on any atom is -0.488 e. The fourth-order valence-electron chi connectivity index (χ4n) is 3.27. The second kappa shape index (κ2) is 8.28. The number of hydrogen-bond donors (Lipinski definition) is 1. The third kappa shape index (κ3) is 3.93. The summed E-state index contributed by atoms with van der Waals surface area (Å²) in [4.78, 5) is 34.2. The highest BCUT2D eigenvalue weighted by Gasteiger charge is 2.16. The second-order valence-corrected chi connectivity index (χ2v) is 8.50. The van der Waals surface area contributed by atoms with Gasteiger partial charge in [0.05, 0.1) is 18.5 Å². The van der Waals surface area contributed by atoms with Gasteiger partial charge in [0.2, 0.25) is 5.43 Å². The van der Waals surface area contributed by atoms with Crippen LogP contribution in [-0.2, 0) is 6.54 Å². The molecule has 1 aromatic carbocycles. The quantitative estimate of drug-likeness (QED) is 0.506. The lowest BCUT2D eigenvalue weighted by atomic mass is 10.1. The van der Waals surface area contributed by atoms with Gasteiger partial charge in [-0.1, -0.05) is 44.2 Å². The Morgan fingerprint density at radius 1 is 1.20 bits per heavy atom. The van der Waals surface area contributed by atoms with Crippen molar-refractivity contribution in [2.45, 2.75) is 27.3 Å². The molecule has 7 heteroatoms. The minimum atomic E-state index is -0.204. The highest BCUT2D eigenvalue weighted by Crippen LogP contribution is 2.30. The summed E-state index contributed by atoms with van der Waals surface area (Å²) in [5.74, 6) is 1.22. The maximum absolute atomic E-state index is 13.4. The molecular weight excluding hydrogens is 398 g/mol. The maximum atomic E-state index is 13.4. The van der Waals surface area contributed by atoms with Gasteiger partial charge in [0, 0.05) is 28.9 Å². The van der Waals surface area contributed by atoms with Gasteiger partial charge in [-0.05, 0) is 18.4 Å². The summed E-state index contributed by atoms with van der Waals surface area (Å²) >= 11 is 1.47. The first-order chi connectivity index (χ1) is 14.4. The molecular formula is C23H23N3O3S. The molecule has 0 saturated heterocycles. The molecule has 0 spiro atoms. The SMILES string of the molecule is Cc1nc2scc(-c3ccccc3)c2c(=O)n1Cc1cc(=O)c(OCC(C)C)c[nH]1. The van der Waals surface area contributed by atoms with Crippen LogP contribution in [0.1, 0.15) is 25.4 Å². The van der Waals surface area contributed by atoms with Crippen molar-refractivity contribution in [3.63, 3.8) is 0 Å². The van der Waals surface area contributed by atoms with E-state index in [1.54, 1.807) is 17.7 Å². The van der Waals surface area contributed by atoms with Gasteiger partial charge in [0.25, 0.3) is 5.56 Å². The molecule has 0 bridgehead atoms. The molecule has 4 aromatic rings. The van der Waals surface area contributed by atoms with Gasteiger partial charge >= 0.3 is 0 Å². The van der Waals surface area contributed by atoms with Crippen molar-refractivity contribution >= 4 is 21.6 Å². The van der Waals surface area contributed by atoms with E-state index in [-0.39, 0.29) is 23.3 Å². The number of ether oxygens (including phenoxy) is 1. The zero-order valence-electron chi connectivity index (χ0n) is 17.1. The van der Waals surface area contributed by atoms with Gasteiger partial charge < -0.3 is 9.72 Å². The lowest BCUT2D eigenvalue weighted by Crippen LogP contribution is -2.25. The van der Waals surface area contributed by atoms with Gasteiger partial charge in [-0.25, -0.2) is 4.98 Å². The van der Waals surface area contributed by atoms with Crippen molar-refractivity contribution in [2.75, 3.05) is 6.61 Å². The van der Waals surface area contributed by atoms with Crippen LogP contribution < -0.4 is 15.7 Å². The molecule has 0 atom stereocenters. The van der Waals surface area contributed by atoms with Crippen molar-refractivity contribution in [3.8, 4) is 16.9 Å². The lowest BCUT2D eigenvalue weighted by Gasteiger charge is -2.12. The molecule has 0 aliphatic carbocycles. The van der Waals surface area contributed by atoms with Gasteiger partial charge in [-0.15, -0.1) is 11.3 Å². The van der Waals surface area contributed by atoms with Crippen molar-refractivity contribution < 1.29 is 4.74 Å². The summed E-state index contributed by atoms with van der Waals surface area (Å²) in [6, 6.07) is 11.3. The zero-order chi connectivity index (χ0) is 21.3. The number of nitrogens with zero attached hydrogens (tertiary/aromatic N) is 2. The Bertz CT molecular complexity index is 1300. The van der Waals surface area contributed by atoms with Crippen LogP contribution in [0, 0.1) is 12.8 Å². The molecule has 0 amide bonds. The highest BCUT2D eigenvalue weighted by atomic mass is 32.1. The summed E-state index contributed by atoms with van der Waals surface area (Å²) in [7, 11) is 0. The predicted octanol–water partition coefficient (Wildman–Crippen LogP) is 4.20. The van der Waals surface area contributed by atoms with Gasteiger partial charge in [0.15, 0.2) is 5.75 Å². The Labute approximate surface area is 177 Å². The van der Waals surface area contributed by atoms with Crippen molar-refractivity contribution in [1.29, 1.82) is 0 Å². The van der Waals surface area contributed by atoms with Crippen LogP contribution in [0.5, 0.6) is 5.75 Å². The number of aromatic nitrogens is 3. The van der Waals surface area contributed by atoms with Crippen LogP contribution in [0.3, 0.4) is 0 Å². The average molecular weight is 422 g/mol. The Morgan fingerprint density at radius 2 is 1.97 bits per heavy atom. The summed E-state index contributed by atoms with van der Waals surface area (Å²) in [5.41, 5.74) is 2.17. The largest absolute Gasteiger partial charge is 0.488 e. The van der Waals surface area contributed by atoms with E-state index in [0.717, 1.165) is 16.0 Å². The van der Waals surface area contributed by atoms with Crippen LogP contribution in [0.25, 0.3) is 21.3 Å². The molecule has 0 aliphatic rings. The fourth-order valence-corrected chi connectivity index (χ4v) is 4.26. The predicted molar refractivity (Wildman–Crippen MR) is 121 cm³/mol. The Balaban J connectivity index is 1.72. The number of nitrogens with one attached hydrogen (secondary N) is 1. The molecule has 4 rings (SSSR count). The third-order valence-corrected chi connectivity index (χ3v) is 5.68. The molecule has 1 N–H and O–H groups in total. The number of benzene rings is 1. The van der Waals surface area contributed by atoms with Gasteiger partial charge in [-0.2, -0.15) is 0 Å². The van der Waals surface area contributed by atoms with E-state index in [9.17, 15) is 9.59 Å². The van der Waals surface area contributed by atoms with Gasteiger partial charge in [-0.3, -0.25) is 14.2 Å². The summed E-state index contributed by atoms with van der Waals surface area (Å²) in [5, 5.41) is 2.58. The Hall–Kier alpha value is -3.19. The summed E-state index contributed by atoms with van der Waals surface area (Å²) < 4.78 is 7.14. The normalized spacial score (nSPS) is 11.3. The van der Waals surface area contributed by atoms with Crippen molar-refractivity contribution in [3.05, 3.63) is 80.1 Å². The topological polar surface area (TPSA) is 77.0 Å². The molecule has 0 unspecified atom stereocenters. The van der Waals surface area contributed by atoms with Crippen LogP contribution in [0.15, 0.2) is 57.6 Å². The molecule has 30 heavy (non-hydrogen) atoms. The van der Waals surface area contributed by atoms with Crippen LogP contribution in [-0.4, -0.2) is 21.1 Å². The molecule has 0 aliphatic heterocycles. The van der Waals surface area contributed by atoms with E-state index in [2.05, 4.69) is 9.97 Å². The number of aromatic amines is 1. The van der Waals surface area contributed by atoms with E-state index in [0.29, 0.717) is 29.4 Å². The first kappa shape index (κ1) is 20.1. The third-order valence-electron chi connectivity index (χ3n) is 4.81. The summed E-state index contributed by atoms with van der Waals surface area (Å²) in [6.07, 6.45) is 1.56. The number of hydrogen-bond acceptors (Lipinski definition) is 5. The van der Waals surface area contributed by atoms with E-state index < -0.39 is 0 Å². The van der Waals surface area contributed by atoms with E-state index in [1.165, 1.54) is 17.4 Å². The first-order valence-electron chi connectivity index (χ1n) is 9.82. The number of H-pyrrole nitrogens is 1. The number of thiophene rings is 1. The Morgan fingerprint density at radius 3 is 2.67 bits per heavy atom. The van der Waals surface area contributed by atoms with Crippen molar-refractivity contribution in [1.82, 2.24) is 14.5 Å². The lowest BCUT2D eigenvalue weighted by molar-refractivity contribution is 0.267. The van der Waals surface area contributed by atoms with E-state index in [4.69, 9.17) is 4.74 Å². The molecule has 0 fully saturated rings. The molecule has 0 radical (unpaired) electrons. The standard InChI is InChI=1S/C23H23N3O3S/c1-14(2)12-29-20-10-24-17(9-19(20)27)11-26-15(3)25-22-21(23(26)28)18(13-30-22)16-7-5-4-6-8-16/h4-10,13-14H,11-12H2,1-3H3,(H,24,27). The van der Waals surface area contributed by atoms with Crippen LogP contribution in [0.2, 0.25) is 0 Å². The fraction of sp³-hybridized carbons (Fsp3) is 0.261. The van der Waals surface area contributed by atoms with Crippen molar-refractivity contribution in [2.24, 2.45) is 5.92 Å². The monoisotopic (exact) mass is 421 g/mol. The number of aryl methyl sites for hydroxylation is 1. The maximum Gasteiger partial charge on any atom is 0.263 e. The van der Waals surface area contributed by atoms with E-state index >= 15 is 0 Å². The summed E-state index contributed by atoms with van der Waals surface area (Å²) in [6.45, 7) is 6.56. The van der Waals surface area contributed by atoms with E-state index in [1.807, 2.05) is 49.6 Å². The molecule has 154 valence electrons. The number of fused-ring (bicyclic) bond motifs is 1. The number of rotatable bonds is 6. The second-order valence-electron chi connectivity index (χ2n) is 7.64. The average Bonchev–Trinajstić information content (AvgIpc) is 3.15. The highest BCUT2D eigenvalue weighted by molar-refractivity contribution is 7.17. The Kier molecular flexibility index (Phi) is 5.55. The number of pyridine rings is 1. The van der Waals surface area contributed by atoms with Crippen LogP contribution in [0.4, 0.5) is 0 Å². The van der Waals surface area contributed by atoms with Gasteiger partial charge in [0.1, 0.15) is 10.7 Å². The smallest absolute Gasteiger partial charge is 0.263 e. The molecule has 3 aromatic heterocycles. The molecule has 6 nitrogen and oxygen atoms in total. The minimum absolute atomic E-state index is 0.112. The first-order valence-corrected chi connectivity index (χ1v) is 10.7. The van der Waals surface area contributed by atoms with Crippen LogP contribution >= 0.6 is 11.3 Å². The molecule has 0 saturated carbocycles. The molecule has 3 heterocycles. The zero-order valence-corrected chi connectivity index (χ0v) is 18.0.